The number of fused-ring (bicyclic) bond motifs is 1. The van der Waals surface area contributed by atoms with Crippen molar-refractivity contribution in [2.24, 2.45) is 5.41 Å². The van der Waals surface area contributed by atoms with Crippen molar-refractivity contribution in [2.45, 2.75) is 32.7 Å². The molecule has 0 spiro atoms. The minimum atomic E-state index is -0.236. The standard InChI is InChI=1S/C14H16ClFN2/c1-14(2)8-12(14)18-11-4-3-9(16)7-10(11)17-13(18)5-6-15/h3-4,7,12H,5-6,8H2,1-2H3. The Bertz CT molecular complexity index is 603. The molecule has 1 aliphatic rings. The van der Waals surface area contributed by atoms with E-state index >= 15 is 0 Å². The highest BCUT2D eigenvalue weighted by Gasteiger charge is 2.48. The third-order valence-electron chi connectivity index (χ3n) is 3.82. The lowest BCUT2D eigenvalue weighted by atomic mass is 10.2. The van der Waals surface area contributed by atoms with Crippen molar-refractivity contribution < 1.29 is 4.39 Å². The van der Waals surface area contributed by atoms with E-state index < -0.39 is 0 Å². The Labute approximate surface area is 111 Å². The van der Waals surface area contributed by atoms with E-state index in [9.17, 15) is 4.39 Å². The summed E-state index contributed by atoms with van der Waals surface area (Å²) >= 11 is 5.84. The number of aromatic nitrogens is 2. The molecule has 0 aliphatic heterocycles. The first-order valence-electron chi connectivity index (χ1n) is 6.25. The van der Waals surface area contributed by atoms with Crippen LogP contribution in [0.1, 0.15) is 32.1 Å². The van der Waals surface area contributed by atoms with Crippen LogP contribution in [-0.2, 0) is 6.42 Å². The number of hydrogen-bond donors (Lipinski definition) is 0. The van der Waals surface area contributed by atoms with Crippen LogP contribution in [0.4, 0.5) is 4.39 Å². The summed E-state index contributed by atoms with van der Waals surface area (Å²) in [5.74, 6) is 1.28. The van der Waals surface area contributed by atoms with Crippen molar-refractivity contribution in [1.29, 1.82) is 0 Å². The molecule has 1 atom stereocenters. The maximum Gasteiger partial charge on any atom is 0.125 e. The lowest BCUT2D eigenvalue weighted by Gasteiger charge is -2.10. The maximum atomic E-state index is 13.3. The fourth-order valence-corrected chi connectivity index (χ4v) is 2.78. The SMILES string of the molecule is CC1(C)CC1n1c(CCCl)nc2cc(F)ccc21. The lowest BCUT2D eigenvalue weighted by Crippen LogP contribution is -2.06. The number of nitrogens with zero attached hydrogens (tertiary/aromatic N) is 2. The molecule has 0 N–H and O–H groups in total. The first kappa shape index (κ1) is 12.0. The van der Waals surface area contributed by atoms with E-state index in [1.54, 1.807) is 0 Å². The normalized spacial score (nSPS) is 21.4. The summed E-state index contributed by atoms with van der Waals surface area (Å²) < 4.78 is 15.5. The second-order valence-electron chi connectivity index (χ2n) is 5.68. The van der Waals surface area contributed by atoms with Crippen LogP contribution in [0, 0.1) is 11.2 Å². The van der Waals surface area contributed by atoms with Gasteiger partial charge in [-0.05, 0) is 24.0 Å². The highest BCUT2D eigenvalue weighted by atomic mass is 35.5. The number of imidazole rings is 1. The smallest absolute Gasteiger partial charge is 0.125 e. The number of benzene rings is 1. The summed E-state index contributed by atoms with van der Waals surface area (Å²) in [5.41, 5.74) is 2.06. The molecule has 1 saturated carbocycles. The van der Waals surface area contributed by atoms with Gasteiger partial charge in [0, 0.05) is 24.4 Å². The van der Waals surface area contributed by atoms with Crippen molar-refractivity contribution in [1.82, 2.24) is 9.55 Å². The predicted octanol–water partition coefficient (Wildman–Crippen LogP) is 3.93. The van der Waals surface area contributed by atoms with Crippen molar-refractivity contribution in [3.05, 3.63) is 29.8 Å². The zero-order valence-corrected chi connectivity index (χ0v) is 11.3. The molecule has 3 rings (SSSR count). The summed E-state index contributed by atoms with van der Waals surface area (Å²) in [7, 11) is 0. The Balaban J connectivity index is 2.17. The molecule has 1 unspecified atom stereocenters. The Morgan fingerprint density at radius 3 is 2.83 bits per heavy atom. The van der Waals surface area contributed by atoms with E-state index in [-0.39, 0.29) is 5.82 Å². The number of rotatable bonds is 3. The molecule has 4 heteroatoms. The quantitative estimate of drug-likeness (QED) is 0.770. The molecule has 2 nitrogen and oxygen atoms in total. The fourth-order valence-electron chi connectivity index (χ4n) is 2.61. The Hall–Kier alpha value is -1.09. The average molecular weight is 267 g/mol. The Kier molecular flexibility index (Phi) is 2.63. The molecule has 2 aromatic rings. The molecule has 1 aliphatic carbocycles. The van der Waals surface area contributed by atoms with Gasteiger partial charge in [0.15, 0.2) is 0 Å². The second kappa shape index (κ2) is 3.95. The van der Waals surface area contributed by atoms with E-state index in [0.717, 1.165) is 29.7 Å². The molecular formula is C14H16ClFN2. The summed E-state index contributed by atoms with van der Waals surface area (Å²) in [6.07, 6.45) is 1.87. The van der Waals surface area contributed by atoms with E-state index in [1.807, 2.05) is 6.07 Å². The van der Waals surface area contributed by atoms with Crippen LogP contribution < -0.4 is 0 Å². The molecule has 1 fully saturated rings. The van der Waals surface area contributed by atoms with Crippen LogP contribution in [0.2, 0.25) is 0 Å². The van der Waals surface area contributed by atoms with Gasteiger partial charge in [-0.15, -0.1) is 11.6 Å². The highest BCUT2D eigenvalue weighted by Crippen LogP contribution is 2.56. The molecule has 0 amide bonds. The first-order chi connectivity index (χ1) is 8.53. The van der Waals surface area contributed by atoms with E-state index in [0.29, 0.717) is 17.3 Å². The van der Waals surface area contributed by atoms with Crippen LogP contribution in [0.15, 0.2) is 18.2 Å². The van der Waals surface area contributed by atoms with Gasteiger partial charge in [0.2, 0.25) is 0 Å². The summed E-state index contributed by atoms with van der Waals surface area (Å²) in [6, 6.07) is 5.29. The minimum absolute atomic E-state index is 0.236. The lowest BCUT2D eigenvalue weighted by molar-refractivity contribution is 0.537. The van der Waals surface area contributed by atoms with Gasteiger partial charge < -0.3 is 4.57 Å². The molecule has 1 aromatic heterocycles. The predicted molar refractivity (Wildman–Crippen MR) is 71.6 cm³/mol. The number of aryl methyl sites for hydroxylation is 1. The van der Waals surface area contributed by atoms with Gasteiger partial charge >= 0.3 is 0 Å². The van der Waals surface area contributed by atoms with Gasteiger partial charge in [-0.25, -0.2) is 9.37 Å². The Morgan fingerprint density at radius 1 is 1.50 bits per heavy atom. The van der Waals surface area contributed by atoms with Gasteiger partial charge in [0.1, 0.15) is 11.6 Å². The van der Waals surface area contributed by atoms with Gasteiger partial charge in [-0.1, -0.05) is 13.8 Å². The van der Waals surface area contributed by atoms with Crippen LogP contribution in [0.25, 0.3) is 11.0 Å². The van der Waals surface area contributed by atoms with E-state index in [1.165, 1.54) is 12.1 Å². The fraction of sp³-hybridized carbons (Fsp3) is 0.500. The minimum Gasteiger partial charge on any atom is -0.324 e. The molecule has 1 heterocycles. The molecule has 0 radical (unpaired) electrons. The van der Waals surface area contributed by atoms with Crippen LogP contribution in [-0.4, -0.2) is 15.4 Å². The van der Waals surface area contributed by atoms with E-state index in [2.05, 4.69) is 23.4 Å². The largest absolute Gasteiger partial charge is 0.324 e. The molecule has 18 heavy (non-hydrogen) atoms. The van der Waals surface area contributed by atoms with Crippen LogP contribution in [0.5, 0.6) is 0 Å². The summed E-state index contributed by atoms with van der Waals surface area (Å²) in [6.45, 7) is 4.50. The van der Waals surface area contributed by atoms with Gasteiger partial charge in [0.05, 0.1) is 11.0 Å². The van der Waals surface area contributed by atoms with Crippen molar-refractivity contribution in [2.75, 3.05) is 5.88 Å². The van der Waals surface area contributed by atoms with Crippen LogP contribution in [0.3, 0.4) is 0 Å². The third kappa shape index (κ3) is 1.81. The number of alkyl halides is 1. The van der Waals surface area contributed by atoms with E-state index in [4.69, 9.17) is 11.6 Å². The van der Waals surface area contributed by atoms with Crippen molar-refractivity contribution >= 4 is 22.6 Å². The zero-order valence-electron chi connectivity index (χ0n) is 10.6. The van der Waals surface area contributed by atoms with Gasteiger partial charge in [0.25, 0.3) is 0 Å². The topological polar surface area (TPSA) is 17.8 Å². The molecule has 96 valence electrons. The third-order valence-corrected chi connectivity index (χ3v) is 4.00. The number of halogens is 2. The van der Waals surface area contributed by atoms with Crippen molar-refractivity contribution in [3.63, 3.8) is 0 Å². The molecule has 0 saturated heterocycles. The molecule has 1 aromatic carbocycles. The van der Waals surface area contributed by atoms with Gasteiger partial charge in [-0.2, -0.15) is 0 Å². The first-order valence-corrected chi connectivity index (χ1v) is 6.79. The Morgan fingerprint density at radius 2 is 2.22 bits per heavy atom. The average Bonchev–Trinajstić information content (AvgIpc) is 2.78. The summed E-state index contributed by atoms with van der Waals surface area (Å²) in [5, 5.41) is 0. The second-order valence-corrected chi connectivity index (χ2v) is 6.06. The number of hydrogen-bond acceptors (Lipinski definition) is 1. The molecule has 0 bridgehead atoms. The van der Waals surface area contributed by atoms with Crippen LogP contribution >= 0.6 is 11.6 Å². The summed E-state index contributed by atoms with van der Waals surface area (Å²) in [4.78, 5) is 4.53. The van der Waals surface area contributed by atoms with Crippen molar-refractivity contribution in [3.8, 4) is 0 Å². The zero-order chi connectivity index (χ0) is 12.9. The maximum absolute atomic E-state index is 13.3. The van der Waals surface area contributed by atoms with Gasteiger partial charge in [-0.3, -0.25) is 0 Å². The molecular weight excluding hydrogens is 251 g/mol. The highest BCUT2D eigenvalue weighted by molar-refractivity contribution is 6.17. The monoisotopic (exact) mass is 266 g/mol.